The zero-order valence-electron chi connectivity index (χ0n) is 14.1. The van der Waals surface area contributed by atoms with Crippen LogP contribution in [0.25, 0.3) is 0 Å². The van der Waals surface area contributed by atoms with Crippen molar-refractivity contribution in [2.75, 3.05) is 31.1 Å². The predicted molar refractivity (Wildman–Crippen MR) is 96.4 cm³/mol. The maximum atomic E-state index is 12.5. The first-order valence-electron chi connectivity index (χ1n) is 8.51. The van der Waals surface area contributed by atoms with E-state index >= 15 is 0 Å². The zero-order chi connectivity index (χ0) is 16.9. The molecule has 0 aliphatic carbocycles. The highest BCUT2D eigenvalue weighted by Gasteiger charge is 2.23. The summed E-state index contributed by atoms with van der Waals surface area (Å²) in [7, 11) is 0. The third kappa shape index (κ3) is 3.70. The van der Waals surface area contributed by atoms with E-state index in [2.05, 4.69) is 24.0 Å². The topological polar surface area (TPSA) is 43.8 Å². The second kappa shape index (κ2) is 7.39. The molecule has 0 radical (unpaired) electrons. The molecule has 24 heavy (non-hydrogen) atoms. The van der Waals surface area contributed by atoms with Crippen LogP contribution < -0.4 is 4.90 Å². The van der Waals surface area contributed by atoms with Crippen LogP contribution in [0.5, 0.6) is 5.75 Å². The van der Waals surface area contributed by atoms with Crippen LogP contribution in [0.2, 0.25) is 0 Å². The molecular formula is C20H24N2O2. The second-order valence-corrected chi connectivity index (χ2v) is 6.37. The van der Waals surface area contributed by atoms with Gasteiger partial charge in [0, 0.05) is 32.6 Å². The number of hydrogen-bond donors (Lipinski definition) is 1. The molecule has 126 valence electrons. The molecule has 0 saturated carbocycles. The lowest BCUT2D eigenvalue weighted by atomic mass is 9.97. The minimum Gasteiger partial charge on any atom is -0.506 e. The molecule has 1 heterocycles. The van der Waals surface area contributed by atoms with E-state index in [1.54, 1.807) is 6.07 Å². The van der Waals surface area contributed by atoms with Gasteiger partial charge in [0.1, 0.15) is 5.75 Å². The van der Waals surface area contributed by atoms with E-state index < -0.39 is 0 Å². The fourth-order valence-corrected chi connectivity index (χ4v) is 3.22. The van der Waals surface area contributed by atoms with Crippen LogP contribution in [-0.2, 0) is 4.79 Å². The summed E-state index contributed by atoms with van der Waals surface area (Å²) in [6, 6.07) is 17.6. The summed E-state index contributed by atoms with van der Waals surface area (Å²) in [6.45, 7) is 5.01. The van der Waals surface area contributed by atoms with Crippen molar-refractivity contribution in [2.45, 2.75) is 19.3 Å². The molecule has 1 aliphatic heterocycles. The van der Waals surface area contributed by atoms with E-state index in [4.69, 9.17) is 0 Å². The van der Waals surface area contributed by atoms with Crippen molar-refractivity contribution in [3.05, 3.63) is 60.2 Å². The fraction of sp³-hybridized carbons (Fsp3) is 0.350. The third-order valence-electron chi connectivity index (χ3n) is 4.70. The van der Waals surface area contributed by atoms with E-state index in [9.17, 15) is 9.90 Å². The number of hydrogen-bond acceptors (Lipinski definition) is 3. The summed E-state index contributed by atoms with van der Waals surface area (Å²) in [5.74, 6) is 0.744. The lowest BCUT2D eigenvalue weighted by Gasteiger charge is -2.36. The Morgan fingerprint density at radius 3 is 2.29 bits per heavy atom. The SMILES string of the molecule is CC(CC(=O)N1CCN(c2ccccc2O)CC1)c1ccccc1. The molecule has 0 spiro atoms. The summed E-state index contributed by atoms with van der Waals surface area (Å²) in [6.07, 6.45) is 0.542. The van der Waals surface area contributed by atoms with Crippen molar-refractivity contribution in [3.63, 3.8) is 0 Å². The van der Waals surface area contributed by atoms with Gasteiger partial charge < -0.3 is 14.9 Å². The smallest absolute Gasteiger partial charge is 0.223 e. The third-order valence-corrected chi connectivity index (χ3v) is 4.70. The van der Waals surface area contributed by atoms with Crippen LogP contribution in [0.15, 0.2) is 54.6 Å². The van der Waals surface area contributed by atoms with E-state index in [1.165, 1.54) is 5.56 Å². The largest absolute Gasteiger partial charge is 0.506 e. The first-order valence-corrected chi connectivity index (χ1v) is 8.51. The van der Waals surface area contributed by atoms with Gasteiger partial charge >= 0.3 is 0 Å². The van der Waals surface area contributed by atoms with Crippen molar-refractivity contribution in [3.8, 4) is 5.75 Å². The van der Waals surface area contributed by atoms with Crippen molar-refractivity contribution < 1.29 is 9.90 Å². The van der Waals surface area contributed by atoms with Crippen molar-refractivity contribution in [1.29, 1.82) is 0 Å². The number of phenols is 1. The normalized spacial score (nSPS) is 16.0. The van der Waals surface area contributed by atoms with Gasteiger partial charge in [-0.25, -0.2) is 0 Å². The number of benzene rings is 2. The van der Waals surface area contributed by atoms with Crippen LogP contribution in [0.1, 0.15) is 24.8 Å². The lowest BCUT2D eigenvalue weighted by molar-refractivity contribution is -0.131. The van der Waals surface area contributed by atoms with E-state index in [0.29, 0.717) is 25.3 Å². The van der Waals surface area contributed by atoms with Crippen LogP contribution in [0.3, 0.4) is 0 Å². The Morgan fingerprint density at radius 1 is 1.00 bits per heavy atom. The average Bonchev–Trinajstić information content (AvgIpc) is 2.63. The Morgan fingerprint density at radius 2 is 1.62 bits per heavy atom. The maximum absolute atomic E-state index is 12.5. The molecule has 1 fully saturated rings. The molecule has 4 heteroatoms. The second-order valence-electron chi connectivity index (χ2n) is 6.37. The fourth-order valence-electron chi connectivity index (χ4n) is 3.22. The maximum Gasteiger partial charge on any atom is 0.223 e. The Labute approximate surface area is 143 Å². The number of piperazine rings is 1. The highest BCUT2D eigenvalue weighted by atomic mass is 16.3. The number of nitrogens with zero attached hydrogens (tertiary/aromatic N) is 2. The molecule has 2 aromatic carbocycles. The van der Waals surface area contributed by atoms with Gasteiger partial charge in [-0.3, -0.25) is 4.79 Å². The van der Waals surface area contributed by atoms with Gasteiger partial charge in [0.15, 0.2) is 0 Å². The molecule has 2 aromatic rings. The molecular weight excluding hydrogens is 300 g/mol. The van der Waals surface area contributed by atoms with Crippen molar-refractivity contribution >= 4 is 11.6 Å². The monoisotopic (exact) mass is 324 g/mol. The van der Waals surface area contributed by atoms with Gasteiger partial charge in [-0.2, -0.15) is 0 Å². The number of aromatic hydroxyl groups is 1. The number of amides is 1. The van der Waals surface area contributed by atoms with E-state index in [0.717, 1.165) is 18.8 Å². The van der Waals surface area contributed by atoms with Gasteiger partial charge in [-0.1, -0.05) is 49.4 Å². The standard InChI is InChI=1S/C20H24N2O2/c1-16(17-7-3-2-4-8-17)15-20(24)22-13-11-21(12-14-22)18-9-5-6-10-19(18)23/h2-10,16,23H,11-15H2,1H3. The zero-order valence-corrected chi connectivity index (χ0v) is 14.1. The molecule has 1 N–H and O–H groups in total. The van der Waals surface area contributed by atoms with E-state index in [1.807, 2.05) is 41.3 Å². The Kier molecular flexibility index (Phi) is 5.04. The Hall–Kier alpha value is -2.49. The van der Waals surface area contributed by atoms with Crippen LogP contribution in [0.4, 0.5) is 5.69 Å². The number of para-hydroxylation sites is 2. The lowest BCUT2D eigenvalue weighted by Crippen LogP contribution is -2.49. The molecule has 0 bridgehead atoms. The van der Waals surface area contributed by atoms with Crippen molar-refractivity contribution in [2.24, 2.45) is 0 Å². The minimum absolute atomic E-state index is 0.211. The highest BCUT2D eigenvalue weighted by Crippen LogP contribution is 2.27. The predicted octanol–water partition coefficient (Wildman–Crippen LogP) is 3.23. The number of carbonyl (C=O) groups excluding carboxylic acids is 1. The van der Waals surface area contributed by atoms with Gasteiger partial charge in [0.05, 0.1) is 5.69 Å². The Bertz CT molecular complexity index is 679. The number of anilines is 1. The average molecular weight is 324 g/mol. The highest BCUT2D eigenvalue weighted by molar-refractivity contribution is 5.77. The molecule has 0 aromatic heterocycles. The molecule has 1 unspecified atom stereocenters. The van der Waals surface area contributed by atoms with Gasteiger partial charge in [0.25, 0.3) is 0 Å². The number of carbonyl (C=O) groups is 1. The van der Waals surface area contributed by atoms with E-state index in [-0.39, 0.29) is 11.8 Å². The first kappa shape index (κ1) is 16.4. The first-order chi connectivity index (χ1) is 11.6. The van der Waals surface area contributed by atoms with Crippen molar-refractivity contribution in [1.82, 2.24) is 4.90 Å². The molecule has 3 rings (SSSR count). The van der Waals surface area contributed by atoms with Crippen LogP contribution in [0, 0.1) is 0 Å². The van der Waals surface area contributed by atoms with Crippen LogP contribution >= 0.6 is 0 Å². The quantitative estimate of drug-likeness (QED) is 0.939. The molecule has 4 nitrogen and oxygen atoms in total. The summed E-state index contributed by atoms with van der Waals surface area (Å²) < 4.78 is 0. The van der Waals surface area contributed by atoms with Gasteiger partial charge in [-0.05, 0) is 23.6 Å². The molecule has 1 saturated heterocycles. The Balaban J connectivity index is 1.55. The molecule has 1 atom stereocenters. The van der Waals surface area contributed by atoms with Crippen LogP contribution in [-0.4, -0.2) is 42.1 Å². The minimum atomic E-state index is 0.211. The number of phenolic OH excluding ortho intramolecular Hbond substituents is 1. The molecule has 1 aliphatic rings. The summed E-state index contributed by atoms with van der Waals surface area (Å²) in [5.41, 5.74) is 2.06. The summed E-state index contributed by atoms with van der Waals surface area (Å²) >= 11 is 0. The van der Waals surface area contributed by atoms with Gasteiger partial charge in [0.2, 0.25) is 5.91 Å². The summed E-state index contributed by atoms with van der Waals surface area (Å²) in [5, 5.41) is 9.96. The summed E-state index contributed by atoms with van der Waals surface area (Å²) in [4.78, 5) is 16.6. The van der Waals surface area contributed by atoms with Gasteiger partial charge in [-0.15, -0.1) is 0 Å². The molecule has 1 amide bonds. The number of rotatable bonds is 4.